The molecule has 2 aromatic rings. The van der Waals surface area contributed by atoms with Crippen molar-refractivity contribution >= 4 is 24.2 Å². The second kappa shape index (κ2) is 5.12. The first-order valence-electron chi connectivity index (χ1n) is 7.37. The second-order valence-corrected chi connectivity index (χ2v) is 7.12. The van der Waals surface area contributed by atoms with Gasteiger partial charge in [0.2, 0.25) is 0 Å². The Bertz CT molecular complexity index is 679. The molecule has 0 radical (unpaired) electrons. The molecule has 1 saturated heterocycles. The molecule has 1 aromatic heterocycles. The fourth-order valence-electron chi connectivity index (χ4n) is 2.40. The molecule has 1 aliphatic rings. The van der Waals surface area contributed by atoms with Gasteiger partial charge in [0.05, 0.1) is 22.6 Å². The molecule has 0 saturated carbocycles. The quantitative estimate of drug-likeness (QED) is 0.798. The lowest BCUT2D eigenvalue weighted by molar-refractivity contribution is 0.00578. The molecule has 0 unspecified atom stereocenters. The van der Waals surface area contributed by atoms with Gasteiger partial charge in [-0.25, -0.2) is 4.68 Å². The van der Waals surface area contributed by atoms with Crippen LogP contribution in [0.5, 0.6) is 0 Å². The molecule has 1 aromatic carbocycles. The van der Waals surface area contributed by atoms with Gasteiger partial charge in [0.1, 0.15) is 0 Å². The molecule has 2 heterocycles. The van der Waals surface area contributed by atoms with Gasteiger partial charge in [0.15, 0.2) is 0 Å². The summed E-state index contributed by atoms with van der Waals surface area (Å²) in [7, 11) is -0.397. The Kier molecular flexibility index (Phi) is 3.63. The third kappa shape index (κ3) is 2.58. The number of aromatic nitrogens is 2. The Morgan fingerprint density at radius 3 is 2.14 bits per heavy atom. The summed E-state index contributed by atoms with van der Waals surface area (Å²) in [6.45, 7) is 10.2. The van der Waals surface area contributed by atoms with Crippen molar-refractivity contribution in [3.63, 3.8) is 0 Å². The molecular weight excluding hydrogens is 298 g/mol. The van der Waals surface area contributed by atoms with Crippen molar-refractivity contribution in [1.29, 1.82) is 0 Å². The lowest BCUT2D eigenvalue weighted by Gasteiger charge is -2.32. The molecule has 1 aliphatic heterocycles. The minimum Gasteiger partial charge on any atom is -0.399 e. The summed E-state index contributed by atoms with van der Waals surface area (Å²) in [4.78, 5) is 0. The summed E-state index contributed by atoms with van der Waals surface area (Å²) in [6, 6.07) is 7.57. The lowest BCUT2D eigenvalue weighted by atomic mass is 9.79. The van der Waals surface area contributed by atoms with E-state index in [0.29, 0.717) is 5.02 Å². The minimum absolute atomic E-state index is 0.355. The van der Waals surface area contributed by atoms with E-state index in [1.165, 1.54) is 0 Å². The van der Waals surface area contributed by atoms with Gasteiger partial charge in [0.25, 0.3) is 0 Å². The molecule has 0 bridgehead atoms. The smallest absolute Gasteiger partial charge is 0.399 e. The van der Waals surface area contributed by atoms with Crippen molar-refractivity contribution in [2.45, 2.75) is 45.8 Å². The highest BCUT2D eigenvalue weighted by Crippen LogP contribution is 2.36. The number of hydrogen-bond donors (Lipinski definition) is 0. The maximum Gasteiger partial charge on any atom is 0.498 e. The van der Waals surface area contributed by atoms with E-state index in [9.17, 15) is 0 Å². The van der Waals surface area contributed by atoms with Crippen LogP contribution in [0.25, 0.3) is 5.69 Å². The zero-order valence-electron chi connectivity index (χ0n) is 13.6. The van der Waals surface area contributed by atoms with Crippen LogP contribution in [-0.2, 0) is 9.31 Å². The summed E-state index contributed by atoms with van der Waals surface area (Å²) < 4.78 is 14.0. The number of nitrogens with zero attached hydrogens (tertiary/aromatic N) is 2. The SMILES string of the molecule is Cc1nn(-c2ccc(Cl)cc2)cc1B1OC(C)(C)C(C)(C)O1. The number of rotatable bonds is 2. The van der Waals surface area contributed by atoms with E-state index in [2.05, 4.69) is 5.10 Å². The van der Waals surface area contributed by atoms with E-state index in [4.69, 9.17) is 20.9 Å². The predicted octanol–water partition coefficient (Wildman–Crippen LogP) is 3.13. The highest BCUT2D eigenvalue weighted by molar-refractivity contribution is 6.62. The van der Waals surface area contributed by atoms with E-state index < -0.39 is 7.12 Å². The van der Waals surface area contributed by atoms with Gasteiger partial charge >= 0.3 is 7.12 Å². The molecular formula is C16H20BClN2O2. The van der Waals surface area contributed by atoms with Crippen LogP contribution in [0.4, 0.5) is 0 Å². The average molecular weight is 319 g/mol. The fourth-order valence-corrected chi connectivity index (χ4v) is 2.53. The second-order valence-electron chi connectivity index (χ2n) is 6.68. The third-order valence-electron chi connectivity index (χ3n) is 4.54. The lowest BCUT2D eigenvalue weighted by Crippen LogP contribution is -2.41. The van der Waals surface area contributed by atoms with Gasteiger partial charge in [-0.3, -0.25) is 0 Å². The summed E-state index contributed by atoms with van der Waals surface area (Å²) in [5, 5.41) is 5.27. The summed E-state index contributed by atoms with van der Waals surface area (Å²) >= 11 is 5.93. The van der Waals surface area contributed by atoms with Crippen molar-refractivity contribution < 1.29 is 9.31 Å². The predicted molar refractivity (Wildman–Crippen MR) is 89.0 cm³/mol. The van der Waals surface area contributed by atoms with E-state index >= 15 is 0 Å². The first-order chi connectivity index (χ1) is 10.2. The van der Waals surface area contributed by atoms with Crippen LogP contribution in [0.3, 0.4) is 0 Å². The summed E-state index contributed by atoms with van der Waals surface area (Å²) in [5.74, 6) is 0. The van der Waals surface area contributed by atoms with Gasteiger partial charge in [0, 0.05) is 16.7 Å². The normalized spacial score (nSPS) is 19.6. The molecule has 116 valence electrons. The fraction of sp³-hybridized carbons (Fsp3) is 0.438. The van der Waals surface area contributed by atoms with E-state index in [-0.39, 0.29) is 11.2 Å². The van der Waals surface area contributed by atoms with Crippen LogP contribution in [0.2, 0.25) is 5.02 Å². The zero-order chi connectivity index (χ0) is 16.1. The Morgan fingerprint density at radius 1 is 1.05 bits per heavy atom. The molecule has 6 heteroatoms. The summed E-state index contributed by atoms with van der Waals surface area (Å²) in [6.07, 6.45) is 1.96. The van der Waals surface area contributed by atoms with E-state index in [1.807, 2.05) is 69.8 Å². The van der Waals surface area contributed by atoms with Crippen molar-refractivity contribution in [1.82, 2.24) is 9.78 Å². The minimum atomic E-state index is -0.397. The summed E-state index contributed by atoms with van der Waals surface area (Å²) in [5.41, 5.74) is 2.09. The van der Waals surface area contributed by atoms with Gasteiger partial charge in [-0.15, -0.1) is 0 Å². The molecule has 1 fully saturated rings. The highest BCUT2D eigenvalue weighted by Gasteiger charge is 2.52. The van der Waals surface area contributed by atoms with Gasteiger partial charge in [-0.1, -0.05) is 11.6 Å². The van der Waals surface area contributed by atoms with Crippen LogP contribution in [0.1, 0.15) is 33.4 Å². The number of aryl methyl sites for hydroxylation is 1. The van der Waals surface area contributed by atoms with Gasteiger partial charge in [-0.05, 0) is 58.9 Å². The molecule has 22 heavy (non-hydrogen) atoms. The van der Waals surface area contributed by atoms with Crippen LogP contribution < -0.4 is 5.46 Å². The molecule has 0 aliphatic carbocycles. The number of halogens is 1. The van der Waals surface area contributed by atoms with Gasteiger partial charge < -0.3 is 9.31 Å². The highest BCUT2D eigenvalue weighted by atomic mass is 35.5. The third-order valence-corrected chi connectivity index (χ3v) is 4.79. The Hall–Kier alpha value is -1.30. The number of benzene rings is 1. The van der Waals surface area contributed by atoms with Crippen LogP contribution in [-0.4, -0.2) is 28.1 Å². The molecule has 0 amide bonds. The molecule has 0 atom stereocenters. The molecule has 0 N–H and O–H groups in total. The van der Waals surface area contributed by atoms with Crippen molar-refractivity contribution in [3.8, 4) is 5.69 Å². The molecule has 0 spiro atoms. The van der Waals surface area contributed by atoms with E-state index in [1.54, 1.807) is 0 Å². The van der Waals surface area contributed by atoms with Gasteiger partial charge in [-0.2, -0.15) is 5.10 Å². The first-order valence-corrected chi connectivity index (χ1v) is 7.75. The Balaban J connectivity index is 1.92. The van der Waals surface area contributed by atoms with Crippen LogP contribution in [0, 0.1) is 6.92 Å². The standard InChI is InChI=1S/C16H20BClN2O2/c1-11-14(17-21-15(2,3)16(4,5)22-17)10-20(19-11)13-8-6-12(18)7-9-13/h6-10H,1-5H3. The Morgan fingerprint density at radius 2 is 1.59 bits per heavy atom. The van der Waals surface area contributed by atoms with Crippen molar-refractivity contribution in [3.05, 3.63) is 41.2 Å². The average Bonchev–Trinajstić information content (AvgIpc) is 2.89. The topological polar surface area (TPSA) is 36.3 Å². The van der Waals surface area contributed by atoms with Crippen molar-refractivity contribution in [2.75, 3.05) is 0 Å². The van der Waals surface area contributed by atoms with E-state index in [0.717, 1.165) is 16.8 Å². The zero-order valence-corrected chi connectivity index (χ0v) is 14.3. The monoisotopic (exact) mass is 318 g/mol. The first kappa shape index (κ1) is 15.6. The maximum atomic E-state index is 6.10. The molecule has 3 rings (SSSR count). The number of hydrogen-bond acceptors (Lipinski definition) is 3. The van der Waals surface area contributed by atoms with Crippen molar-refractivity contribution in [2.24, 2.45) is 0 Å². The largest absolute Gasteiger partial charge is 0.498 e. The van der Waals surface area contributed by atoms with Crippen LogP contribution >= 0.6 is 11.6 Å². The maximum absolute atomic E-state index is 6.10. The van der Waals surface area contributed by atoms with Crippen LogP contribution in [0.15, 0.2) is 30.5 Å². The Labute approximate surface area is 136 Å². The molecule has 4 nitrogen and oxygen atoms in total.